The van der Waals surface area contributed by atoms with Gasteiger partial charge in [-0.1, -0.05) is 0 Å². The SMILES string of the molecule is COC(=O)CCNc1nc(C2CC2)nc(N)c1C. The molecule has 98 valence electrons. The van der Waals surface area contributed by atoms with Gasteiger partial charge < -0.3 is 15.8 Å². The number of anilines is 2. The van der Waals surface area contributed by atoms with Crippen molar-refractivity contribution < 1.29 is 9.53 Å². The van der Waals surface area contributed by atoms with Gasteiger partial charge in [0.05, 0.1) is 13.5 Å². The highest BCUT2D eigenvalue weighted by atomic mass is 16.5. The summed E-state index contributed by atoms with van der Waals surface area (Å²) in [6.45, 7) is 2.35. The molecule has 1 aromatic heterocycles. The second-order valence-electron chi connectivity index (χ2n) is 4.47. The number of nitrogen functional groups attached to an aromatic ring is 1. The molecule has 1 aliphatic rings. The Balaban J connectivity index is 2.04. The monoisotopic (exact) mass is 250 g/mol. The van der Waals surface area contributed by atoms with E-state index in [-0.39, 0.29) is 5.97 Å². The van der Waals surface area contributed by atoms with Crippen molar-refractivity contribution in [3.8, 4) is 0 Å². The van der Waals surface area contributed by atoms with Crippen molar-refractivity contribution in [2.24, 2.45) is 0 Å². The minimum absolute atomic E-state index is 0.246. The van der Waals surface area contributed by atoms with Crippen LogP contribution in [-0.4, -0.2) is 29.6 Å². The lowest BCUT2D eigenvalue weighted by Crippen LogP contribution is -2.13. The Kier molecular flexibility index (Phi) is 3.64. The summed E-state index contributed by atoms with van der Waals surface area (Å²) in [5, 5.41) is 3.11. The maximum absolute atomic E-state index is 11.0. The summed E-state index contributed by atoms with van der Waals surface area (Å²) in [4.78, 5) is 19.8. The summed E-state index contributed by atoms with van der Waals surface area (Å²) < 4.78 is 4.58. The topological polar surface area (TPSA) is 90.1 Å². The van der Waals surface area contributed by atoms with Crippen LogP contribution in [-0.2, 0) is 9.53 Å². The third-order valence-electron chi connectivity index (χ3n) is 2.99. The highest BCUT2D eigenvalue weighted by Crippen LogP contribution is 2.39. The number of ether oxygens (including phenoxy) is 1. The molecule has 3 N–H and O–H groups in total. The van der Waals surface area contributed by atoms with Crippen molar-refractivity contribution in [1.82, 2.24) is 9.97 Å². The minimum Gasteiger partial charge on any atom is -0.469 e. The number of methoxy groups -OCH3 is 1. The number of hydrogen-bond donors (Lipinski definition) is 2. The van der Waals surface area contributed by atoms with Crippen LogP contribution in [0.3, 0.4) is 0 Å². The predicted octanol–water partition coefficient (Wildman–Crippen LogP) is 1.22. The number of rotatable bonds is 5. The predicted molar refractivity (Wildman–Crippen MR) is 68.3 cm³/mol. The molecule has 0 saturated heterocycles. The third-order valence-corrected chi connectivity index (χ3v) is 2.99. The first-order chi connectivity index (χ1) is 8.61. The molecule has 0 amide bonds. The van der Waals surface area contributed by atoms with Crippen LogP contribution >= 0.6 is 0 Å². The Morgan fingerprint density at radius 1 is 1.50 bits per heavy atom. The molecule has 0 atom stereocenters. The first-order valence-corrected chi connectivity index (χ1v) is 6.06. The van der Waals surface area contributed by atoms with Crippen molar-refractivity contribution in [3.63, 3.8) is 0 Å². The Morgan fingerprint density at radius 3 is 2.83 bits per heavy atom. The van der Waals surface area contributed by atoms with Crippen molar-refractivity contribution >= 4 is 17.6 Å². The Labute approximate surface area is 106 Å². The number of carbonyl (C=O) groups excluding carboxylic acids is 1. The largest absolute Gasteiger partial charge is 0.469 e. The van der Waals surface area contributed by atoms with Crippen molar-refractivity contribution in [3.05, 3.63) is 11.4 Å². The maximum atomic E-state index is 11.0. The van der Waals surface area contributed by atoms with E-state index in [0.29, 0.717) is 30.5 Å². The minimum atomic E-state index is -0.246. The van der Waals surface area contributed by atoms with E-state index in [1.165, 1.54) is 7.11 Å². The van der Waals surface area contributed by atoms with Crippen LogP contribution in [0.15, 0.2) is 0 Å². The van der Waals surface area contributed by atoms with Crippen LogP contribution in [0.4, 0.5) is 11.6 Å². The molecule has 0 aliphatic heterocycles. The van der Waals surface area contributed by atoms with E-state index in [4.69, 9.17) is 5.73 Å². The maximum Gasteiger partial charge on any atom is 0.307 e. The second-order valence-corrected chi connectivity index (χ2v) is 4.47. The van der Waals surface area contributed by atoms with Gasteiger partial charge in [0.25, 0.3) is 0 Å². The lowest BCUT2D eigenvalue weighted by molar-refractivity contribution is -0.140. The summed E-state index contributed by atoms with van der Waals surface area (Å²) in [6.07, 6.45) is 2.56. The molecule has 1 aromatic rings. The summed E-state index contributed by atoms with van der Waals surface area (Å²) in [5.41, 5.74) is 6.69. The van der Waals surface area contributed by atoms with Gasteiger partial charge in [0.2, 0.25) is 0 Å². The molecule has 0 unspecified atom stereocenters. The van der Waals surface area contributed by atoms with E-state index < -0.39 is 0 Å². The van der Waals surface area contributed by atoms with Gasteiger partial charge in [-0.05, 0) is 19.8 Å². The molecule has 2 rings (SSSR count). The molecular formula is C12H18N4O2. The number of nitrogens with two attached hydrogens (primary N) is 1. The van der Waals surface area contributed by atoms with E-state index >= 15 is 0 Å². The van der Waals surface area contributed by atoms with Gasteiger partial charge in [0.15, 0.2) is 0 Å². The van der Waals surface area contributed by atoms with Crippen molar-refractivity contribution in [2.75, 3.05) is 24.7 Å². The van der Waals surface area contributed by atoms with E-state index in [1.54, 1.807) is 0 Å². The van der Waals surface area contributed by atoms with Crippen LogP contribution in [0.5, 0.6) is 0 Å². The standard InChI is InChI=1S/C12H18N4O2/c1-7-10(13)15-12(8-3-4-8)16-11(7)14-6-5-9(17)18-2/h8H,3-6H2,1-2H3,(H3,13,14,15,16). The quantitative estimate of drug-likeness (QED) is 0.764. The molecular weight excluding hydrogens is 232 g/mol. The third kappa shape index (κ3) is 2.88. The average Bonchev–Trinajstić information content (AvgIpc) is 3.18. The summed E-state index contributed by atoms with van der Waals surface area (Å²) in [6, 6.07) is 0. The second kappa shape index (κ2) is 5.20. The molecule has 1 heterocycles. The van der Waals surface area contributed by atoms with E-state index in [9.17, 15) is 4.79 Å². The average molecular weight is 250 g/mol. The summed E-state index contributed by atoms with van der Waals surface area (Å²) in [7, 11) is 1.38. The van der Waals surface area contributed by atoms with Crippen LogP contribution in [0.1, 0.15) is 36.6 Å². The number of aromatic nitrogens is 2. The highest BCUT2D eigenvalue weighted by Gasteiger charge is 2.27. The molecule has 0 aromatic carbocycles. The lowest BCUT2D eigenvalue weighted by atomic mass is 10.2. The summed E-state index contributed by atoms with van der Waals surface area (Å²) >= 11 is 0. The first-order valence-electron chi connectivity index (χ1n) is 6.06. The van der Waals surface area contributed by atoms with Crippen LogP contribution in [0.25, 0.3) is 0 Å². The van der Waals surface area contributed by atoms with Crippen LogP contribution < -0.4 is 11.1 Å². The van der Waals surface area contributed by atoms with Crippen molar-refractivity contribution in [1.29, 1.82) is 0 Å². The fourth-order valence-electron chi connectivity index (χ4n) is 1.63. The molecule has 0 radical (unpaired) electrons. The van der Waals surface area contributed by atoms with E-state index in [2.05, 4.69) is 20.0 Å². The Morgan fingerprint density at radius 2 is 2.22 bits per heavy atom. The van der Waals surface area contributed by atoms with Gasteiger partial charge in [-0.3, -0.25) is 4.79 Å². The van der Waals surface area contributed by atoms with E-state index in [0.717, 1.165) is 24.2 Å². The number of nitrogens with one attached hydrogen (secondary N) is 1. The van der Waals surface area contributed by atoms with Gasteiger partial charge in [0, 0.05) is 18.0 Å². The number of esters is 1. The summed E-state index contributed by atoms with van der Waals surface area (Å²) in [5.74, 6) is 2.23. The van der Waals surface area contributed by atoms with Gasteiger partial charge in [0.1, 0.15) is 17.5 Å². The van der Waals surface area contributed by atoms with Crippen LogP contribution in [0.2, 0.25) is 0 Å². The van der Waals surface area contributed by atoms with Crippen molar-refractivity contribution in [2.45, 2.75) is 32.1 Å². The van der Waals surface area contributed by atoms with Crippen LogP contribution in [0, 0.1) is 6.92 Å². The number of hydrogen-bond acceptors (Lipinski definition) is 6. The van der Waals surface area contributed by atoms with Gasteiger partial charge in [-0.2, -0.15) is 0 Å². The van der Waals surface area contributed by atoms with Gasteiger partial charge >= 0.3 is 5.97 Å². The fraction of sp³-hybridized carbons (Fsp3) is 0.583. The molecule has 0 bridgehead atoms. The molecule has 1 saturated carbocycles. The zero-order valence-electron chi connectivity index (χ0n) is 10.7. The normalized spacial score (nSPS) is 14.3. The molecule has 6 nitrogen and oxygen atoms in total. The lowest BCUT2D eigenvalue weighted by Gasteiger charge is -2.11. The molecule has 0 spiro atoms. The Bertz CT molecular complexity index is 458. The molecule has 18 heavy (non-hydrogen) atoms. The highest BCUT2D eigenvalue weighted by molar-refractivity contribution is 5.70. The zero-order valence-corrected chi connectivity index (χ0v) is 10.7. The smallest absolute Gasteiger partial charge is 0.307 e. The molecule has 1 aliphatic carbocycles. The van der Waals surface area contributed by atoms with Gasteiger partial charge in [-0.25, -0.2) is 9.97 Å². The van der Waals surface area contributed by atoms with E-state index in [1.807, 2.05) is 6.92 Å². The van der Waals surface area contributed by atoms with Gasteiger partial charge in [-0.15, -0.1) is 0 Å². The Hall–Kier alpha value is -1.85. The zero-order chi connectivity index (χ0) is 13.1. The number of carbonyl (C=O) groups is 1. The number of nitrogens with zero attached hydrogens (tertiary/aromatic N) is 2. The molecule has 6 heteroatoms. The fourth-order valence-corrected chi connectivity index (χ4v) is 1.63. The first kappa shape index (κ1) is 12.6. The molecule has 1 fully saturated rings.